The Morgan fingerprint density at radius 1 is 1.11 bits per heavy atom. The summed E-state index contributed by atoms with van der Waals surface area (Å²) in [5.41, 5.74) is 0. The molecule has 2 unspecified atom stereocenters. The van der Waals surface area contributed by atoms with E-state index in [2.05, 4.69) is 4.18 Å². The van der Waals surface area contributed by atoms with Crippen molar-refractivity contribution in [3.8, 4) is 0 Å². The van der Waals surface area contributed by atoms with E-state index < -0.39 is 41.9 Å². The van der Waals surface area contributed by atoms with Crippen LogP contribution in [0.3, 0.4) is 0 Å². The van der Waals surface area contributed by atoms with Gasteiger partial charge in [0.2, 0.25) is 8.32 Å². The molecule has 0 heterocycles. The van der Waals surface area contributed by atoms with Gasteiger partial charge in [-0.2, -0.15) is 8.42 Å². The van der Waals surface area contributed by atoms with Crippen molar-refractivity contribution in [1.82, 2.24) is 0 Å². The van der Waals surface area contributed by atoms with Crippen LogP contribution in [0.5, 0.6) is 0 Å². The zero-order valence-electron chi connectivity index (χ0n) is 11.2. The molecule has 1 rings (SSSR count). The number of thiol groups is 1. The molecule has 0 bridgehead atoms. The summed E-state index contributed by atoms with van der Waals surface area (Å²) >= 11 is 0. The third-order valence-electron chi connectivity index (χ3n) is 2.42. The zero-order chi connectivity index (χ0) is 14.7. The monoisotopic (exact) mass is 332 g/mol. The molecule has 0 aromatic rings. The standard InChI is InChI=1S/C9H20O7S2Si/c1-19(2,3)16-18(12,13)15-9-6-4-5-8(7-9)14-17(10)11/h8-9,17H,4-7H2,1-3H3. The van der Waals surface area contributed by atoms with Crippen LogP contribution in [0.25, 0.3) is 0 Å². The lowest BCUT2D eigenvalue weighted by atomic mass is 9.95. The van der Waals surface area contributed by atoms with Crippen molar-refractivity contribution in [2.24, 2.45) is 0 Å². The first kappa shape index (κ1) is 17.0. The summed E-state index contributed by atoms with van der Waals surface area (Å²) in [4.78, 5) is 0. The van der Waals surface area contributed by atoms with Crippen molar-refractivity contribution in [2.75, 3.05) is 0 Å². The molecule has 114 valence electrons. The maximum atomic E-state index is 11.7. The van der Waals surface area contributed by atoms with E-state index in [-0.39, 0.29) is 6.42 Å². The van der Waals surface area contributed by atoms with Crippen LogP contribution in [0.4, 0.5) is 0 Å². The molecule has 0 spiro atoms. The van der Waals surface area contributed by atoms with Crippen molar-refractivity contribution >= 4 is 29.7 Å². The molecule has 0 saturated heterocycles. The van der Waals surface area contributed by atoms with Gasteiger partial charge in [-0.3, -0.25) is 8.06 Å². The quantitative estimate of drug-likeness (QED) is 0.571. The van der Waals surface area contributed by atoms with E-state index in [0.717, 1.165) is 0 Å². The minimum atomic E-state index is -4.04. The highest BCUT2D eigenvalue weighted by Gasteiger charge is 2.31. The highest BCUT2D eigenvalue weighted by atomic mass is 32.3. The van der Waals surface area contributed by atoms with E-state index in [1.54, 1.807) is 19.6 Å². The average molecular weight is 332 g/mol. The summed E-state index contributed by atoms with van der Waals surface area (Å²) in [6, 6.07) is 0. The van der Waals surface area contributed by atoms with Crippen LogP contribution in [0.1, 0.15) is 25.7 Å². The molecule has 0 aromatic carbocycles. The maximum absolute atomic E-state index is 11.7. The molecule has 10 heteroatoms. The maximum Gasteiger partial charge on any atom is 0.390 e. The van der Waals surface area contributed by atoms with Crippen molar-refractivity contribution in [3.63, 3.8) is 0 Å². The van der Waals surface area contributed by atoms with Crippen LogP contribution < -0.4 is 0 Å². The third kappa shape index (κ3) is 7.37. The molecule has 0 aliphatic heterocycles. The Kier molecular flexibility index (Phi) is 5.95. The van der Waals surface area contributed by atoms with Gasteiger partial charge in [0, 0.05) is 6.42 Å². The highest BCUT2D eigenvalue weighted by Crippen LogP contribution is 2.26. The molecular weight excluding hydrogens is 312 g/mol. The SMILES string of the molecule is C[Si](C)(C)OS(=O)(=O)OC1CCCC(O[SH](=O)=O)C1. The van der Waals surface area contributed by atoms with Crippen LogP contribution in [0, 0.1) is 0 Å². The van der Waals surface area contributed by atoms with Crippen LogP contribution >= 0.6 is 0 Å². The van der Waals surface area contributed by atoms with Gasteiger partial charge in [0.05, 0.1) is 12.2 Å². The number of hydrogen-bond donors (Lipinski definition) is 1. The largest absolute Gasteiger partial charge is 0.390 e. The first-order valence-corrected chi connectivity index (χ1v) is 11.9. The summed E-state index contributed by atoms with van der Waals surface area (Å²) in [5, 5.41) is 0. The molecule has 7 nitrogen and oxygen atoms in total. The van der Waals surface area contributed by atoms with Gasteiger partial charge in [0.25, 0.3) is 11.0 Å². The number of rotatable bonds is 6. The van der Waals surface area contributed by atoms with E-state index >= 15 is 0 Å². The molecule has 0 amide bonds. The van der Waals surface area contributed by atoms with Crippen LogP contribution in [0.15, 0.2) is 0 Å². The lowest BCUT2D eigenvalue weighted by Gasteiger charge is -2.27. The fourth-order valence-electron chi connectivity index (χ4n) is 1.90. The van der Waals surface area contributed by atoms with Crippen molar-refractivity contribution in [2.45, 2.75) is 57.5 Å². The second kappa shape index (κ2) is 6.63. The van der Waals surface area contributed by atoms with Crippen molar-refractivity contribution in [1.29, 1.82) is 0 Å². The van der Waals surface area contributed by atoms with Gasteiger partial charge in [-0.05, 0) is 38.9 Å². The molecule has 0 aromatic heterocycles. The summed E-state index contributed by atoms with van der Waals surface area (Å²) in [6.45, 7) is 5.22. The molecule has 1 aliphatic rings. The van der Waals surface area contributed by atoms with E-state index in [0.29, 0.717) is 19.3 Å². The average Bonchev–Trinajstić information content (AvgIpc) is 2.11. The summed E-state index contributed by atoms with van der Waals surface area (Å²) in [6.07, 6.45) is 0.914. The highest BCUT2D eigenvalue weighted by molar-refractivity contribution is 7.83. The van der Waals surface area contributed by atoms with Crippen molar-refractivity contribution < 1.29 is 29.1 Å². The van der Waals surface area contributed by atoms with Gasteiger partial charge in [0.15, 0.2) is 0 Å². The fraction of sp³-hybridized carbons (Fsp3) is 1.00. The fourth-order valence-corrected chi connectivity index (χ4v) is 5.45. The third-order valence-corrected chi connectivity index (χ3v) is 6.21. The Morgan fingerprint density at radius 3 is 2.21 bits per heavy atom. The Balaban J connectivity index is 2.57. The Bertz CT molecular complexity index is 457. The molecule has 0 radical (unpaired) electrons. The van der Waals surface area contributed by atoms with E-state index in [4.69, 9.17) is 8.06 Å². The zero-order valence-corrected chi connectivity index (χ0v) is 13.9. The second-order valence-corrected chi connectivity index (χ2v) is 12.0. The van der Waals surface area contributed by atoms with Gasteiger partial charge in [-0.1, -0.05) is 0 Å². The number of hydrogen-bond acceptors (Lipinski definition) is 7. The minimum Gasteiger partial charge on any atom is -0.294 e. The smallest absolute Gasteiger partial charge is 0.294 e. The summed E-state index contributed by atoms with van der Waals surface area (Å²) in [7, 11) is -9.22. The predicted octanol–water partition coefficient (Wildman–Crippen LogP) is 0.954. The lowest BCUT2D eigenvalue weighted by Crippen LogP contribution is -2.35. The second-order valence-electron chi connectivity index (χ2n) is 5.44. The molecule has 1 saturated carbocycles. The van der Waals surface area contributed by atoms with Crippen LogP contribution in [-0.2, 0) is 33.6 Å². The van der Waals surface area contributed by atoms with E-state index in [1.165, 1.54) is 0 Å². The molecule has 1 aliphatic carbocycles. The molecule has 0 N–H and O–H groups in total. The predicted molar refractivity (Wildman–Crippen MR) is 71.9 cm³/mol. The Morgan fingerprint density at radius 2 is 1.68 bits per heavy atom. The summed E-state index contributed by atoms with van der Waals surface area (Å²) in [5.74, 6) is 0. The van der Waals surface area contributed by atoms with Gasteiger partial charge in [-0.25, -0.2) is 12.6 Å². The minimum absolute atomic E-state index is 0.234. The van der Waals surface area contributed by atoms with Gasteiger partial charge >= 0.3 is 10.4 Å². The van der Waals surface area contributed by atoms with Crippen LogP contribution in [0.2, 0.25) is 19.6 Å². The van der Waals surface area contributed by atoms with Crippen LogP contribution in [-0.4, -0.2) is 37.4 Å². The van der Waals surface area contributed by atoms with Gasteiger partial charge < -0.3 is 0 Å². The van der Waals surface area contributed by atoms with Crippen molar-refractivity contribution in [3.05, 3.63) is 0 Å². The van der Waals surface area contributed by atoms with E-state index in [9.17, 15) is 16.8 Å². The first-order valence-electron chi connectivity index (χ1n) is 6.02. The molecule has 2 atom stereocenters. The lowest BCUT2D eigenvalue weighted by molar-refractivity contribution is 0.0718. The molecule has 19 heavy (non-hydrogen) atoms. The first-order chi connectivity index (χ1) is 8.57. The topological polar surface area (TPSA) is 96.0 Å². The summed E-state index contributed by atoms with van der Waals surface area (Å²) < 4.78 is 58.9. The molecule has 1 fully saturated rings. The van der Waals surface area contributed by atoms with E-state index in [1.807, 2.05) is 0 Å². The normalized spacial score (nSPS) is 25.7. The Hall–Kier alpha value is -0.00312. The molecular formula is C9H20O7S2Si. The van der Waals surface area contributed by atoms with Gasteiger partial charge in [-0.15, -0.1) is 0 Å². The van der Waals surface area contributed by atoms with Gasteiger partial charge in [0.1, 0.15) is 0 Å². The Labute approximate surface area is 116 Å².